The molecule has 0 saturated heterocycles. The predicted molar refractivity (Wildman–Crippen MR) is 93.4 cm³/mol. The molecule has 2 aromatic rings. The van der Waals surface area contributed by atoms with Gasteiger partial charge in [-0.25, -0.2) is 4.79 Å². The van der Waals surface area contributed by atoms with E-state index in [9.17, 15) is 9.59 Å². The number of rotatable bonds is 8. The molecule has 1 atom stereocenters. The van der Waals surface area contributed by atoms with Gasteiger partial charge in [-0.3, -0.25) is 4.79 Å². The van der Waals surface area contributed by atoms with E-state index in [2.05, 4.69) is 10.1 Å². The Morgan fingerprint density at radius 1 is 1.12 bits per heavy atom. The van der Waals surface area contributed by atoms with E-state index in [1.807, 2.05) is 37.3 Å². The SMILES string of the molecule is COC(=O)c1ccc(C(=O)NCCCOC(C)c2ccccc2)s1. The van der Waals surface area contributed by atoms with Gasteiger partial charge in [0.05, 0.1) is 18.1 Å². The number of methoxy groups -OCH3 is 1. The van der Waals surface area contributed by atoms with Gasteiger partial charge in [-0.05, 0) is 31.0 Å². The molecule has 1 unspecified atom stereocenters. The van der Waals surface area contributed by atoms with Crippen molar-refractivity contribution < 1.29 is 19.1 Å². The van der Waals surface area contributed by atoms with Gasteiger partial charge in [-0.15, -0.1) is 11.3 Å². The van der Waals surface area contributed by atoms with Crippen molar-refractivity contribution in [3.8, 4) is 0 Å². The third-order valence-corrected chi connectivity index (χ3v) is 4.52. The monoisotopic (exact) mass is 347 g/mol. The van der Waals surface area contributed by atoms with Gasteiger partial charge in [-0.1, -0.05) is 30.3 Å². The summed E-state index contributed by atoms with van der Waals surface area (Å²) in [6.07, 6.45) is 0.750. The maximum Gasteiger partial charge on any atom is 0.348 e. The zero-order valence-corrected chi connectivity index (χ0v) is 14.6. The van der Waals surface area contributed by atoms with Gasteiger partial charge in [0.25, 0.3) is 5.91 Å². The van der Waals surface area contributed by atoms with E-state index in [1.54, 1.807) is 12.1 Å². The van der Waals surface area contributed by atoms with Crippen LogP contribution in [-0.2, 0) is 9.47 Å². The van der Waals surface area contributed by atoms with E-state index in [4.69, 9.17) is 4.74 Å². The standard InChI is InChI=1S/C18H21NO4S/c1-13(14-7-4-3-5-8-14)23-12-6-11-19-17(20)15-9-10-16(24-15)18(21)22-2/h3-5,7-10,13H,6,11-12H2,1-2H3,(H,19,20). The number of thiophene rings is 1. The molecule has 1 N–H and O–H groups in total. The average molecular weight is 347 g/mol. The minimum absolute atomic E-state index is 0.0295. The topological polar surface area (TPSA) is 64.6 Å². The van der Waals surface area contributed by atoms with Crippen molar-refractivity contribution in [3.05, 3.63) is 57.8 Å². The van der Waals surface area contributed by atoms with Crippen LogP contribution < -0.4 is 5.32 Å². The minimum atomic E-state index is -0.428. The maximum atomic E-state index is 12.0. The molecular weight excluding hydrogens is 326 g/mol. The summed E-state index contributed by atoms with van der Waals surface area (Å²) >= 11 is 1.12. The molecule has 24 heavy (non-hydrogen) atoms. The van der Waals surface area contributed by atoms with Gasteiger partial charge in [0, 0.05) is 13.2 Å². The molecule has 0 bridgehead atoms. The Balaban J connectivity index is 1.68. The minimum Gasteiger partial charge on any atom is -0.465 e. The third kappa shape index (κ3) is 5.18. The van der Waals surface area contributed by atoms with Gasteiger partial charge in [0.15, 0.2) is 0 Å². The summed E-state index contributed by atoms with van der Waals surface area (Å²) in [7, 11) is 1.32. The van der Waals surface area contributed by atoms with Crippen molar-refractivity contribution in [1.29, 1.82) is 0 Å². The van der Waals surface area contributed by atoms with Gasteiger partial charge in [0.2, 0.25) is 0 Å². The number of carbonyl (C=O) groups excluding carboxylic acids is 2. The Kier molecular flexibility index (Phi) is 6.96. The lowest BCUT2D eigenvalue weighted by Crippen LogP contribution is -2.24. The Morgan fingerprint density at radius 3 is 2.54 bits per heavy atom. The van der Waals surface area contributed by atoms with E-state index >= 15 is 0 Å². The molecule has 128 valence electrons. The van der Waals surface area contributed by atoms with Crippen LogP contribution in [0.5, 0.6) is 0 Å². The molecule has 1 heterocycles. The lowest BCUT2D eigenvalue weighted by atomic mass is 10.1. The van der Waals surface area contributed by atoms with Crippen LogP contribution in [0, 0.1) is 0 Å². The highest BCUT2D eigenvalue weighted by Gasteiger charge is 2.13. The molecule has 0 spiro atoms. The number of carbonyl (C=O) groups is 2. The van der Waals surface area contributed by atoms with Gasteiger partial charge >= 0.3 is 5.97 Å². The molecule has 5 nitrogen and oxygen atoms in total. The largest absolute Gasteiger partial charge is 0.465 e. The van der Waals surface area contributed by atoms with Gasteiger partial charge in [-0.2, -0.15) is 0 Å². The molecule has 1 aromatic heterocycles. The number of benzene rings is 1. The first-order valence-corrected chi connectivity index (χ1v) is 8.56. The first-order valence-electron chi connectivity index (χ1n) is 7.74. The van der Waals surface area contributed by atoms with Crippen LogP contribution in [-0.4, -0.2) is 32.1 Å². The fourth-order valence-electron chi connectivity index (χ4n) is 2.11. The van der Waals surface area contributed by atoms with Crippen molar-refractivity contribution in [2.75, 3.05) is 20.3 Å². The van der Waals surface area contributed by atoms with Crippen molar-refractivity contribution in [3.63, 3.8) is 0 Å². The normalized spacial score (nSPS) is 11.8. The quantitative estimate of drug-likeness (QED) is 0.587. The second-order valence-electron chi connectivity index (χ2n) is 5.19. The van der Waals surface area contributed by atoms with Crippen LogP contribution >= 0.6 is 11.3 Å². The van der Waals surface area contributed by atoms with Crippen LogP contribution in [0.1, 0.15) is 44.4 Å². The molecule has 0 fully saturated rings. The molecule has 1 aromatic carbocycles. The molecule has 0 aliphatic rings. The molecule has 0 aliphatic carbocycles. The third-order valence-electron chi connectivity index (χ3n) is 3.46. The summed E-state index contributed by atoms with van der Waals surface area (Å²) in [5.74, 6) is -0.617. The number of hydrogen-bond acceptors (Lipinski definition) is 5. The fraction of sp³-hybridized carbons (Fsp3) is 0.333. The first kappa shape index (κ1) is 18.2. The highest BCUT2D eigenvalue weighted by molar-refractivity contribution is 7.15. The average Bonchev–Trinajstić information content (AvgIpc) is 3.11. The smallest absolute Gasteiger partial charge is 0.348 e. The number of ether oxygens (including phenoxy) is 2. The lowest BCUT2D eigenvalue weighted by molar-refractivity contribution is 0.0605. The van der Waals surface area contributed by atoms with E-state index < -0.39 is 5.97 Å². The van der Waals surface area contributed by atoms with Crippen molar-refractivity contribution in [2.24, 2.45) is 0 Å². The van der Waals surface area contributed by atoms with Gasteiger partial charge < -0.3 is 14.8 Å². The molecule has 0 saturated carbocycles. The van der Waals surface area contributed by atoms with E-state index in [1.165, 1.54) is 7.11 Å². The number of amides is 1. The van der Waals surface area contributed by atoms with E-state index in [-0.39, 0.29) is 12.0 Å². The summed E-state index contributed by atoms with van der Waals surface area (Å²) in [6.45, 7) is 3.09. The Hall–Kier alpha value is -2.18. The summed E-state index contributed by atoms with van der Waals surface area (Å²) in [5, 5.41) is 2.82. The summed E-state index contributed by atoms with van der Waals surface area (Å²) in [4.78, 5) is 24.3. The number of hydrogen-bond donors (Lipinski definition) is 1. The second-order valence-corrected chi connectivity index (χ2v) is 6.27. The van der Waals surface area contributed by atoms with Crippen molar-refractivity contribution in [2.45, 2.75) is 19.4 Å². The summed E-state index contributed by atoms with van der Waals surface area (Å²) in [6, 6.07) is 13.2. The van der Waals surface area contributed by atoms with Crippen LogP contribution in [0.15, 0.2) is 42.5 Å². The zero-order chi connectivity index (χ0) is 17.4. The molecule has 6 heteroatoms. The molecule has 0 aliphatic heterocycles. The Bertz CT molecular complexity index is 669. The molecule has 1 amide bonds. The lowest BCUT2D eigenvalue weighted by Gasteiger charge is -2.13. The van der Waals surface area contributed by atoms with Crippen LogP contribution in [0.4, 0.5) is 0 Å². The highest BCUT2D eigenvalue weighted by atomic mass is 32.1. The van der Waals surface area contributed by atoms with E-state index in [0.717, 1.165) is 23.3 Å². The van der Waals surface area contributed by atoms with E-state index in [0.29, 0.717) is 22.9 Å². The summed E-state index contributed by atoms with van der Waals surface area (Å²) < 4.78 is 10.4. The molecular formula is C18H21NO4S. The van der Waals surface area contributed by atoms with Crippen molar-refractivity contribution >= 4 is 23.2 Å². The van der Waals surface area contributed by atoms with Crippen molar-refractivity contribution in [1.82, 2.24) is 5.32 Å². The molecule has 2 rings (SSSR count). The summed E-state index contributed by atoms with van der Waals surface area (Å²) in [5.41, 5.74) is 1.13. The second kappa shape index (κ2) is 9.20. The first-order chi connectivity index (χ1) is 11.6. The predicted octanol–water partition coefficient (Wildman–Crippen LogP) is 3.43. The zero-order valence-electron chi connectivity index (χ0n) is 13.8. The number of esters is 1. The van der Waals surface area contributed by atoms with Crippen LogP contribution in [0.25, 0.3) is 0 Å². The van der Waals surface area contributed by atoms with Crippen LogP contribution in [0.2, 0.25) is 0 Å². The number of nitrogens with one attached hydrogen (secondary N) is 1. The molecule has 0 radical (unpaired) electrons. The van der Waals surface area contributed by atoms with Gasteiger partial charge in [0.1, 0.15) is 4.88 Å². The Labute approximate surface area is 145 Å². The fourth-order valence-corrected chi connectivity index (χ4v) is 2.95. The Morgan fingerprint density at radius 2 is 1.83 bits per heavy atom. The highest BCUT2D eigenvalue weighted by Crippen LogP contribution is 2.17. The maximum absolute atomic E-state index is 12.0. The van der Waals surface area contributed by atoms with Crippen LogP contribution in [0.3, 0.4) is 0 Å².